The molecule has 1 saturated heterocycles. The van der Waals surface area contributed by atoms with Gasteiger partial charge in [0, 0.05) is 82.5 Å². The lowest BCUT2D eigenvalue weighted by atomic mass is 9.99. The van der Waals surface area contributed by atoms with Gasteiger partial charge in [-0.2, -0.15) is 0 Å². The van der Waals surface area contributed by atoms with Crippen LogP contribution in [0.2, 0.25) is 0 Å². The topological polar surface area (TPSA) is 514 Å². The zero-order valence-corrected chi connectivity index (χ0v) is 75.7. The summed E-state index contributed by atoms with van der Waals surface area (Å²) in [6.07, 6.45) is 1.72. The predicted molar refractivity (Wildman–Crippen MR) is 490 cm³/mol. The summed E-state index contributed by atoms with van der Waals surface area (Å²) in [4.78, 5) is 235. The highest BCUT2D eigenvalue weighted by Gasteiger charge is 2.43. The molecule has 0 radical (unpaired) electrons. The molecule has 6 aromatic carbocycles. The Kier molecular flexibility index (Phi) is 39.9. The first-order chi connectivity index (χ1) is 62.0. The number of hydrogen-bond acceptors (Lipinski definition) is 22. The summed E-state index contributed by atoms with van der Waals surface area (Å²) in [6, 6.07) is 29.7. The minimum absolute atomic E-state index is 0.00636. The van der Waals surface area contributed by atoms with Gasteiger partial charge in [-0.3, -0.25) is 77.2 Å². The van der Waals surface area contributed by atoms with E-state index in [9.17, 15) is 58.5 Å². The zero-order valence-electron chi connectivity index (χ0n) is 74.1. The first-order valence-electron chi connectivity index (χ1n) is 42.8. The second-order valence-electron chi connectivity index (χ2n) is 32.7. The number of aldehydes is 1. The van der Waals surface area contributed by atoms with Gasteiger partial charge in [0.15, 0.2) is 5.78 Å². The maximum Gasteiger partial charge on any atom is 0.305 e. The van der Waals surface area contributed by atoms with E-state index in [0.29, 0.717) is 51.6 Å². The number of phenols is 2. The number of benzene rings is 6. The molecule has 12 atom stereocenters. The molecular weight excluding hydrogens is 1710 g/mol. The highest BCUT2D eigenvalue weighted by Crippen LogP contribution is 2.27. The van der Waals surface area contributed by atoms with Crippen LogP contribution in [0, 0.1) is 5.92 Å². The molecule has 1 aromatic heterocycles. The van der Waals surface area contributed by atoms with E-state index in [1.807, 2.05) is 37.3 Å². The fourth-order valence-corrected chi connectivity index (χ4v) is 17.0. The van der Waals surface area contributed by atoms with E-state index in [1.165, 1.54) is 103 Å². The monoisotopic (exact) mass is 1830 g/mol. The Balaban J connectivity index is 1.02. The number of fused-ring (bicyclic) bond motifs is 1. The van der Waals surface area contributed by atoms with Crippen LogP contribution >= 0.6 is 23.5 Å². The smallest absolute Gasteiger partial charge is 0.305 e. The molecule has 130 heavy (non-hydrogen) atoms. The molecule has 0 bridgehead atoms. The van der Waals surface area contributed by atoms with Gasteiger partial charge in [-0.15, -0.1) is 23.5 Å². The molecule has 1 aliphatic heterocycles. The van der Waals surface area contributed by atoms with Crippen LogP contribution in [-0.4, -0.2) is 283 Å². The van der Waals surface area contributed by atoms with Gasteiger partial charge in [-0.25, -0.2) is 0 Å². The van der Waals surface area contributed by atoms with Crippen molar-refractivity contribution in [1.29, 1.82) is 0 Å². The predicted octanol–water partition coefficient (Wildman–Crippen LogP) is 2.20. The number of hydrogen-bond donors (Lipinski definition) is 14. The number of carboxylic acids is 1. The number of thioether (sulfide) groups is 2. The molecular formula is C93H118N16O19S2. The number of rotatable bonds is 51. The van der Waals surface area contributed by atoms with Crippen molar-refractivity contribution in [2.75, 3.05) is 71.0 Å². The number of aromatic nitrogens is 1. The van der Waals surface area contributed by atoms with Crippen LogP contribution in [0.4, 0.5) is 0 Å². The molecule has 2 heterocycles. The number of aromatic amines is 1. The Hall–Kier alpha value is -13.0. The zero-order chi connectivity index (χ0) is 94.8. The Bertz CT molecular complexity index is 5050. The molecule has 7 aromatic rings. The van der Waals surface area contributed by atoms with E-state index in [-0.39, 0.29) is 92.5 Å². The maximum absolute atomic E-state index is 15.5. The summed E-state index contributed by atoms with van der Waals surface area (Å²) in [5, 5.41) is 52.4. The quantitative estimate of drug-likeness (QED) is 0.0243. The van der Waals surface area contributed by atoms with E-state index in [4.69, 9.17) is 11.5 Å². The van der Waals surface area contributed by atoms with Gasteiger partial charge in [0.2, 0.25) is 76.8 Å². The first-order valence-corrected chi connectivity index (χ1v) is 45.1. The van der Waals surface area contributed by atoms with Crippen molar-refractivity contribution in [2.45, 2.75) is 171 Å². The van der Waals surface area contributed by atoms with Crippen molar-refractivity contribution in [3.8, 4) is 11.5 Å². The number of unbranched alkanes of at least 4 members (excludes halogenated alkanes) is 1. The third-order valence-corrected chi connectivity index (χ3v) is 24.1. The van der Waals surface area contributed by atoms with Crippen molar-refractivity contribution in [1.82, 2.24) is 72.0 Å². The third kappa shape index (κ3) is 31.2. The number of nitrogens with zero attached hydrogens (tertiary/aromatic N) is 5. The van der Waals surface area contributed by atoms with Crippen LogP contribution in [0.5, 0.6) is 11.5 Å². The number of aromatic hydroxyl groups is 2. The summed E-state index contributed by atoms with van der Waals surface area (Å²) in [5.74, 6) is -13.3. The number of nitrogens with one attached hydrogen (secondary N) is 9. The van der Waals surface area contributed by atoms with E-state index >= 15 is 33.6 Å². The van der Waals surface area contributed by atoms with Crippen molar-refractivity contribution in [2.24, 2.45) is 17.4 Å². The average Bonchev–Trinajstić information content (AvgIpc) is 1.79. The van der Waals surface area contributed by atoms with Crippen molar-refractivity contribution in [3.05, 3.63) is 203 Å². The van der Waals surface area contributed by atoms with Crippen LogP contribution in [0.3, 0.4) is 0 Å². The molecule has 8 rings (SSSR count). The lowest BCUT2D eigenvalue weighted by Crippen LogP contribution is -2.61. The molecule has 16 N–H and O–H groups in total. The summed E-state index contributed by atoms with van der Waals surface area (Å²) < 4.78 is 0. The number of aliphatic carboxylic acids is 1. The van der Waals surface area contributed by atoms with E-state index in [0.717, 1.165) is 22.2 Å². The lowest BCUT2D eigenvalue weighted by Gasteiger charge is -2.37. The minimum Gasteiger partial charge on any atom is -0.508 e. The molecule has 0 saturated carbocycles. The molecule has 35 nitrogen and oxygen atoms in total. The van der Waals surface area contributed by atoms with Gasteiger partial charge < -0.3 is 98.3 Å². The summed E-state index contributed by atoms with van der Waals surface area (Å²) in [7, 11) is 5.58. The number of primary amides is 1. The van der Waals surface area contributed by atoms with Crippen LogP contribution in [0.15, 0.2) is 170 Å². The molecule has 37 heteroatoms. The molecule has 0 aliphatic carbocycles. The molecule has 13 amide bonds. The Morgan fingerprint density at radius 3 is 1.62 bits per heavy atom. The Morgan fingerprint density at radius 1 is 0.546 bits per heavy atom. The molecule has 2 unspecified atom stereocenters. The van der Waals surface area contributed by atoms with Gasteiger partial charge in [0.05, 0.1) is 61.9 Å². The lowest BCUT2D eigenvalue weighted by molar-refractivity contribution is -0.151. The number of ketones is 1. The summed E-state index contributed by atoms with van der Waals surface area (Å²) >= 11 is 2.09. The second-order valence-corrected chi connectivity index (χ2v) is 34.7. The van der Waals surface area contributed by atoms with Crippen LogP contribution < -0.4 is 54.0 Å². The van der Waals surface area contributed by atoms with Crippen LogP contribution in [-0.2, 0) is 115 Å². The average molecular weight is 1830 g/mol. The van der Waals surface area contributed by atoms with E-state index in [2.05, 4.69) is 47.5 Å². The van der Waals surface area contributed by atoms with E-state index < -0.39 is 193 Å². The highest BCUT2D eigenvalue weighted by atomic mass is 32.2. The molecule has 1 aliphatic rings. The number of carboxylic acid groups (broad SMARTS) is 1. The second kappa shape index (κ2) is 50.7. The molecule has 0 spiro atoms. The largest absolute Gasteiger partial charge is 0.508 e. The number of amides is 13. The first kappa shape index (κ1) is 102. The Labute approximate surface area is 763 Å². The third-order valence-electron chi connectivity index (χ3n) is 22.1. The molecule has 696 valence electrons. The number of para-hydroxylation sites is 1. The summed E-state index contributed by atoms with van der Waals surface area (Å²) in [5.41, 5.74) is 15.7. The van der Waals surface area contributed by atoms with Crippen LogP contribution in [0.1, 0.15) is 93.2 Å². The highest BCUT2D eigenvalue weighted by molar-refractivity contribution is 8.00. The van der Waals surface area contributed by atoms with Crippen molar-refractivity contribution < 1.29 is 92.0 Å². The van der Waals surface area contributed by atoms with Crippen LogP contribution in [0.25, 0.3) is 10.9 Å². The SMILES string of the molecule is CCCC[C@@H](C(=O)N(C)CC(=O)N[C@H](C=O)CC(=O)O)N(C)C(=O)C(Cc1ccccc1)N(C)C(=O)[C@H](Cc1ccccc1)NC(=O)CSC[C@H](NC(=O)[C@H](CC(C)C)NC(=O)[C@H](Cc1ccc(O)cc1)NC(=O)[C@H](Cc1c[nH]c2ccccc12)NC(=O)[C@H]1CSCN1C(=O)[C@H](Cc1ccc(O)cc1)NCC(=O)C(Cc1ccccc1)N(C)C(=O)[C@H](C)N)C(=O)NCC(N)=O. The van der Waals surface area contributed by atoms with Crippen molar-refractivity contribution in [3.63, 3.8) is 0 Å². The maximum atomic E-state index is 15.5. The van der Waals surface area contributed by atoms with Gasteiger partial charge >= 0.3 is 5.97 Å². The van der Waals surface area contributed by atoms with Crippen molar-refractivity contribution >= 4 is 129 Å². The summed E-state index contributed by atoms with van der Waals surface area (Å²) in [6.45, 7) is 5.18. The fraction of sp³-hybridized carbons (Fsp3) is 0.419. The van der Waals surface area contributed by atoms with E-state index in [1.54, 1.807) is 117 Å². The number of Topliss-reactive ketones (excluding diaryl/α,β-unsaturated/α-hetero) is 1. The van der Waals surface area contributed by atoms with Gasteiger partial charge in [0.1, 0.15) is 66.1 Å². The molecule has 1 fully saturated rings. The van der Waals surface area contributed by atoms with Gasteiger partial charge in [-0.1, -0.05) is 167 Å². The number of nitrogens with two attached hydrogens (primary N) is 2. The Morgan fingerprint density at radius 2 is 1.05 bits per heavy atom. The standard InChI is InChI=1S/C93H118N16O19S2/c1-9-10-30-75(92(127)105(5)50-81(115)99-64(51-110)46-83(117)118)106(6)93(128)77(44-60-26-18-13-19-27-60)108(8)90(125)73(42-58-22-14-11-15-23-58)100-82(116)54-129-52-74(84(119)98-49-80(95)114)104-85(120)69(39-56(2)3)101-86(121)70(40-61-31-35-65(111)36-32-61)102-87(122)71(45-63-47-96-68-29-21-20-28-67(63)68)103-88(123)78-53-130-55-109(78)91(126)72(41-62-33-37-66(112)38-34-62)97-48-79(113)76(107(7)89(124)57(4)94)43-59-24-16-12-17-25-59/h11-29,31-38,47,51,56-57,64,69-78,96-97,111-112H,9-10,30,39-46,48-50,52-55,94H2,1-8H3,(H2,95,114)(H,98,119)(H,99,115)(H,100,116)(H,101,121)(H,102,122)(H,103,123)(H,104,120)(H,117,118)/t57-,64-,69-,70-,71-,72-,73-,74-,75-,76?,77?,78+/m0/s1. The minimum atomic E-state index is -1.57. The number of H-pyrrole nitrogens is 1. The number of phenolic OH excluding ortho intramolecular Hbond substituents is 2. The van der Waals surface area contributed by atoms with Gasteiger partial charge in [0.25, 0.3) is 0 Å². The fourth-order valence-electron chi connectivity index (χ4n) is 15.0. The number of carbonyl (C=O) groups excluding carboxylic acids is 15. The number of likely N-dealkylation sites (N-methyl/N-ethyl adjacent to an activating group) is 4. The number of carbonyl (C=O) groups is 16. The van der Waals surface area contributed by atoms with Gasteiger partial charge in [-0.05, 0) is 102 Å². The normalized spacial score (nSPS) is 14.9.